The van der Waals surface area contributed by atoms with Crippen LogP contribution in [0.4, 0.5) is 11.4 Å². The second kappa shape index (κ2) is 5.35. The zero-order valence-electron chi connectivity index (χ0n) is 13.1. The van der Waals surface area contributed by atoms with Gasteiger partial charge in [0.25, 0.3) is 0 Å². The number of hydrogen-bond donors (Lipinski definition) is 0. The second-order valence-electron chi connectivity index (χ2n) is 6.33. The van der Waals surface area contributed by atoms with Crippen molar-refractivity contribution in [2.75, 3.05) is 18.3 Å². The van der Waals surface area contributed by atoms with Crippen LogP contribution in [0.3, 0.4) is 0 Å². The molecule has 1 unspecified atom stereocenters. The smallest absolute Gasteiger partial charge is 0.128 e. The van der Waals surface area contributed by atoms with Gasteiger partial charge in [-0.05, 0) is 37.3 Å². The fraction of sp³-hybridized carbons (Fsp3) is 0.333. The number of methoxy groups -OCH3 is 1. The van der Waals surface area contributed by atoms with Crippen LogP contribution in [0.1, 0.15) is 20.8 Å². The van der Waals surface area contributed by atoms with Gasteiger partial charge in [-0.3, -0.25) is 0 Å². The molecule has 0 aliphatic carbocycles. The molecule has 2 aromatic rings. The second-order valence-corrected chi connectivity index (χ2v) is 9.26. The Morgan fingerprint density at radius 3 is 2.33 bits per heavy atom. The quantitative estimate of drug-likeness (QED) is 0.745. The molecule has 110 valence electrons. The highest BCUT2D eigenvalue weighted by Gasteiger charge is 2.38. The number of nitrogens with zero attached hydrogens (tertiary/aromatic N) is 1. The van der Waals surface area contributed by atoms with Crippen LogP contribution in [0, 0.1) is 0 Å². The van der Waals surface area contributed by atoms with Gasteiger partial charge >= 0.3 is 0 Å². The Morgan fingerprint density at radius 2 is 1.71 bits per heavy atom. The van der Waals surface area contributed by atoms with Gasteiger partial charge in [-0.15, -0.1) is 0 Å². The van der Waals surface area contributed by atoms with E-state index in [2.05, 4.69) is 74.2 Å². The highest BCUT2D eigenvalue weighted by Crippen LogP contribution is 2.58. The van der Waals surface area contributed by atoms with E-state index in [9.17, 15) is 0 Å². The molecule has 1 heterocycles. The molecule has 2 aromatic carbocycles. The molecule has 0 amide bonds. The molecular formula is C18H22NOP. The van der Waals surface area contributed by atoms with Crippen LogP contribution in [0.2, 0.25) is 0 Å². The molecule has 0 aromatic heterocycles. The van der Waals surface area contributed by atoms with Gasteiger partial charge in [0.1, 0.15) is 5.75 Å². The summed E-state index contributed by atoms with van der Waals surface area (Å²) in [5.41, 5.74) is 2.57. The van der Waals surface area contributed by atoms with Crippen LogP contribution in [-0.2, 0) is 0 Å². The summed E-state index contributed by atoms with van der Waals surface area (Å²) in [4.78, 5) is 2.44. The summed E-state index contributed by atoms with van der Waals surface area (Å²) in [5, 5.41) is 1.67. The lowest BCUT2D eigenvalue weighted by atomic mass is 10.2. The third-order valence-corrected chi connectivity index (χ3v) is 7.09. The molecule has 3 heteroatoms. The first-order valence-electron chi connectivity index (χ1n) is 7.29. The van der Waals surface area contributed by atoms with Crippen LogP contribution >= 0.6 is 7.92 Å². The van der Waals surface area contributed by atoms with Crippen LogP contribution in [0.5, 0.6) is 5.75 Å². The van der Waals surface area contributed by atoms with Crippen molar-refractivity contribution in [3.63, 3.8) is 0 Å². The third-order valence-electron chi connectivity index (χ3n) is 3.92. The molecule has 0 fully saturated rings. The predicted molar refractivity (Wildman–Crippen MR) is 92.7 cm³/mol. The maximum atomic E-state index is 5.66. The average Bonchev–Trinajstić information content (AvgIpc) is 2.88. The van der Waals surface area contributed by atoms with Gasteiger partial charge in [-0.1, -0.05) is 45.0 Å². The van der Waals surface area contributed by atoms with Gasteiger partial charge in [0, 0.05) is 17.3 Å². The summed E-state index contributed by atoms with van der Waals surface area (Å²) in [6.07, 6.45) is 1.07. The third kappa shape index (κ3) is 2.53. The zero-order valence-corrected chi connectivity index (χ0v) is 14.0. The van der Waals surface area contributed by atoms with Crippen molar-refractivity contribution in [2.24, 2.45) is 0 Å². The van der Waals surface area contributed by atoms with Crippen molar-refractivity contribution in [3.8, 4) is 5.75 Å². The molecule has 0 spiro atoms. The van der Waals surface area contributed by atoms with Crippen molar-refractivity contribution in [2.45, 2.75) is 25.9 Å². The maximum Gasteiger partial charge on any atom is 0.128 e. The topological polar surface area (TPSA) is 12.5 Å². The van der Waals surface area contributed by atoms with Crippen molar-refractivity contribution < 1.29 is 4.74 Å². The largest absolute Gasteiger partial charge is 0.496 e. The number of rotatable bonds is 2. The van der Waals surface area contributed by atoms with Crippen molar-refractivity contribution in [1.82, 2.24) is 0 Å². The molecular weight excluding hydrogens is 277 g/mol. The van der Waals surface area contributed by atoms with E-state index in [0.717, 1.165) is 12.0 Å². The molecule has 0 saturated carbocycles. The fourth-order valence-corrected chi connectivity index (χ4v) is 5.57. The SMILES string of the molecule is COc1cccc2c1P(C(C)(C)C)CN2c1ccccc1. The predicted octanol–water partition coefficient (Wildman–Crippen LogP) is 4.71. The van der Waals surface area contributed by atoms with E-state index in [4.69, 9.17) is 4.74 Å². The van der Waals surface area contributed by atoms with Crippen LogP contribution in [0.25, 0.3) is 0 Å². The van der Waals surface area contributed by atoms with Gasteiger partial charge < -0.3 is 9.64 Å². The monoisotopic (exact) mass is 299 g/mol. The van der Waals surface area contributed by atoms with Crippen LogP contribution < -0.4 is 14.9 Å². The minimum atomic E-state index is -0.291. The molecule has 2 nitrogen and oxygen atoms in total. The molecule has 1 atom stereocenters. The summed E-state index contributed by atoms with van der Waals surface area (Å²) in [7, 11) is 1.48. The molecule has 1 aliphatic heterocycles. The number of ether oxygens (including phenoxy) is 1. The first-order chi connectivity index (χ1) is 10.0. The normalized spacial score (nSPS) is 17.7. The standard InChI is InChI=1S/C18H22NOP/c1-18(2,3)21-13-19(14-9-6-5-7-10-14)15-11-8-12-16(20-4)17(15)21/h5-12H,13H2,1-4H3. The fourth-order valence-electron chi connectivity index (χ4n) is 2.83. The van der Waals surface area contributed by atoms with Gasteiger partial charge in [0.2, 0.25) is 0 Å². The van der Waals surface area contributed by atoms with Gasteiger partial charge in [-0.2, -0.15) is 0 Å². The molecule has 0 radical (unpaired) electrons. The summed E-state index contributed by atoms with van der Waals surface area (Å²) >= 11 is 0. The van der Waals surface area contributed by atoms with Crippen LogP contribution in [-0.4, -0.2) is 18.6 Å². The Balaban J connectivity index is 2.14. The summed E-state index contributed by atoms with van der Waals surface area (Å²) in [5.74, 6) is 1.03. The summed E-state index contributed by atoms with van der Waals surface area (Å²) in [6, 6.07) is 17.1. The lowest BCUT2D eigenvalue weighted by molar-refractivity contribution is 0.418. The van der Waals surface area contributed by atoms with E-state index < -0.39 is 0 Å². The first-order valence-corrected chi connectivity index (χ1v) is 8.82. The van der Waals surface area contributed by atoms with E-state index in [1.165, 1.54) is 16.7 Å². The van der Waals surface area contributed by atoms with Crippen molar-refractivity contribution in [1.29, 1.82) is 0 Å². The van der Waals surface area contributed by atoms with Gasteiger partial charge in [0.05, 0.1) is 12.8 Å². The Hall–Kier alpha value is -1.53. The minimum Gasteiger partial charge on any atom is -0.496 e. The van der Waals surface area contributed by atoms with Crippen molar-refractivity contribution in [3.05, 3.63) is 48.5 Å². The minimum absolute atomic E-state index is 0.266. The highest BCUT2D eigenvalue weighted by molar-refractivity contribution is 7.68. The van der Waals surface area contributed by atoms with E-state index in [0.29, 0.717) is 0 Å². The van der Waals surface area contributed by atoms with Crippen molar-refractivity contribution >= 4 is 24.6 Å². The number of benzene rings is 2. The average molecular weight is 299 g/mol. The molecule has 1 aliphatic rings. The molecule has 21 heavy (non-hydrogen) atoms. The Kier molecular flexibility index (Phi) is 3.67. The molecule has 3 rings (SSSR count). The Labute approximate surface area is 128 Å². The van der Waals surface area contributed by atoms with E-state index in [1.54, 1.807) is 7.11 Å². The van der Waals surface area contributed by atoms with Gasteiger partial charge in [0.15, 0.2) is 0 Å². The molecule has 0 saturated heterocycles. The number of para-hydroxylation sites is 1. The lowest BCUT2D eigenvalue weighted by Gasteiger charge is -2.29. The lowest BCUT2D eigenvalue weighted by Crippen LogP contribution is -2.19. The maximum absolute atomic E-state index is 5.66. The van der Waals surface area contributed by atoms with Gasteiger partial charge in [-0.25, -0.2) is 0 Å². The number of fused-ring (bicyclic) bond motifs is 1. The Bertz CT molecular complexity index is 633. The molecule has 0 bridgehead atoms. The molecule has 0 N–H and O–H groups in total. The van der Waals surface area contributed by atoms with E-state index >= 15 is 0 Å². The number of anilines is 2. The summed E-state index contributed by atoms with van der Waals surface area (Å²) in [6.45, 7) is 7.01. The Morgan fingerprint density at radius 1 is 1.00 bits per heavy atom. The highest BCUT2D eigenvalue weighted by atomic mass is 31.1. The number of hydrogen-bond acceptors (Lipinski definition) is 2. The summed E-state index contributed by atoms with van der Waals surface area (Å²) < 4.78 is 5.66. The zero-order chi connectivity index (χ0) is 15.0. The van der Waals surface area contributed by atoms with E-state index in [1.807, 2.05) is 0 Å². The first kappa shape index (κ1) is 14.4. The van der Waals surface area contributed by atoms with Crippen LogP contribution in [0.15, 0.2) is 48.5 Å². The van der Waals surface area contributed by atoms with E-state index in [-0.39, 0.29) is 13.1 Å².